The van der Waals surface area contributed by atoms with Gasteiger partial charge in [0.2, 0.25) is 5.91 Å². The summed E-state index contributed by atoms with van der Waals surface area (Å²) >= 11 is 3.08. The number of nitrogens with one attached hydrogen (secondary N) is 1. The number of rotatable bonds is 5. The number of ether oxygens (including phenoxy) is 1. The van der Waals surface area contributed by atoms with E-state index in [2.05, 4.69) is 27.8 Å². The van der Waals surface area contributed by atoms with Gasteiger partial charge in [-0.05, 0) is 10.9 Å². The predicted octanol–water partition coefficient (Wildman–Crippen LogP) is 0.891. The Labute approximate surface area is 102 Å². The Bertz CT molecular complexity index is 299. The summed E-state index contributed by atoms with van der Waals surface area (Å²) in [6.45, 7) is 4.48. The monoisotopic (exact) mass is 291 g/mol. The molecule has 0 radical (unpaired) electrons. The van der Waals surface area contributed by atoms with Crippen molar-refractivity contribution in [1.29, 1.82) is 0 Å². The third-order valence-electron chi connectivity index (χ3n) is 2.34. The lowest BCUT2D eigenvalue weighted by Crippen LogP contribution is -2.43. The van der Waals surface area contributed by atoms with Crippen molar-refractivity contribution >= 4 is 27.8 Å². The first kappa shape index (κ1) is 13.2. The third-order valence-corrected chi connectivity index (χ3v) is 2.66. The zero-order valence-corrected chi connectivity index (χ0v) is 10.3. The summed E-state index contributed by atoms with van der Waals surface area (Å²) in [5.41, 5.74) is 0. The van der Waals surface area contributed by atoms with E-state index in [-0.39, 0.29) is 18.2 Å². The molecular weight excluding hydrogens is 278 g/mol. The minimum atomic E-state index is -1.06. The second kappa shape index (κ2) is 6.00. The molecule has 0 unspecified atom stereocenters. The van der Waals surface area contributed by atoms with Crippen molar-refractivity contribution in [2.75, 3.05) is 13.2 Å². The van der Waals surface area contributed by atoms with Gasteiger partial charge in [0.05, 0.1) is 12.5 Å². The zero-order valence-electron chi connectivity index (χ0n) is 8.74. The molecule has 1 fully saturated rings. The summed E-state index contributed by atoms with van der Waals surface area (Å²) in [6, 6.07) is -0.931. The van der Waals surface area contributed by atoms with Gasteiger partial charge in [0, 0.05) is 13.0 Å². The summed E-state index contributed by atoms with van der Waals surface area (Å²) < 4.78 is 5.61. The first-order valence-electron chi connectivity index (χ1n) is 4.95. The lowest BCUT2D eigenvalue weighted by atomic mass is 10.1. The van der Waals surface area contributed by atoms with Gasteiger partial charge in [0.25, 0.3) is 0 Å². The molecule has 0 aromatic carbocycles. The van der Waals surface area contributed by atoms with Gasteiger partial charge in [-0.1, -0.05) is 22.5 Å². The number of carboxylic acids is 1. The summed E-state index contributed by atoms with van der Waals surface area (Å²) in [5, 5.41) is 11.4. The van der Waals surface area contributed by atoms with Crippen LogP contribution in [-0.2, 0) is 14.3 Å². The van der Waals surface area contributed by atoms with Gasteiger partial charge >= 0.3 is 5.97 Å². The summed E-state index contributed by atoms with van der Waals surface area (Å²) in [4.78, 5) is 22.5. The van der Waals surface area contributed by atoms with E-state index in [0.717, 1.165) is 0 Å². The number of carbonyl (C=O) groups is 2. The molecule has 0 spiro atoms. The van der Waals surface area contributed by atoms with Gasteiger partial charge in [-0.25, -0.2) is 4.79 Å². The second-order valence-corrected chi connectivity index (χ2v) is 4.80. The molecule has 1 saturated heterocycles. The van der Waals surface area contributed by atoms with E-state index in [1.165, 1.54) is 0 Å². The molecule has 1 amide bonds. The van der Waals surface area contributed by atoms with Crippen molar-refractivity contribution in [3.05, 3.63) is 11.1 Å². The lowest BCUT2D eigenvalue weighted by molar-refractivity contribution is -0.142. The van der Waals surface area contributed by atoms with Gasteiger partial charge in [0.15, 0.2) is 0 Å². The van der Waals surface area contributed by atoms with Crippen molar-refractivity contribution in [2.24, 2.45) is 5.92 Å². The summed E-state index contributed by atoms with van der Waals surface area (Å²) in [6.07, 6.45) is 0.822. The van der Waals surface area contributed by atoms with Crippen molar-refractivity contribution in [3.63, 3.8) is 0 Å². The normalized spacial score (nSPS) is 21.4. The molecule has 0 aliphatic carbocycles. The first-order chi connectivity index (χ1) is 7.50. The fourth-order valence-corrected chi connectivity index (χ4v) is 1.78. The van der Waals surface area contributed by atoms with E-state index in [4.69, 9.17) is 9.84 Å². The van der Waals surface area contributed by atoms with E-state index in [0.29, 0.717) is 24.1 Å². The van der Waals surface area contributed by atoms with E-state index in [9.17, 15) is 9.59 Å². The third kappa shape index (κ3) is 3.94. The molecule has 1 heterocycles. The molecule has 2 N–H and O–H groups in total. The van der Waals surface area contributed by atoms with Crippen LogP contribution in [0.15, 0.2) is 11.1 Å². The average Bonchev–Trinajstić information content (AvgIpc) is 2.68. The number of hydrogen-bond acceptors (Lipinski definition) is 3. The smallest absolute Gasteiger partial charge is 0.326 e. The van der Waals surface area contributed by atoms with Crippen molar-refractivity contribution in [3.8, 4) is 0 Å². The van der Waals surface area contributed by atoms with Crippen LogP contribution in [-0.4, -0.2) is 36.2 Å². The van der Waals surface area contributed by atoms with Crippen LogP contribution in [0.4, 0.5) is 0 Å². The van der Waals surface area contributed by atoms with Crippen molar-refractivity contribution in [1.82, 2.24) is 5.32 Å². The summed E-state index contributed by atoms with van der Waals surface area (Å²) in [5.74, 6) is -1.56. The number of carboxylic acid groups (broad SMARTS) is 1. The number of hydrogen-bond donors (Lipinski definition) is 2. The van der Waals surface area contributed by atoms with Crippen LogP contribution in [0.25, 0.3) is 0 Å². The van der Waals surface area contributed by atoms with Crippen LogP contribution in [0, 0.1) is 5.92 Å². The Morgan fingerprint density at radius 3 is 2.75 bits per heavy atom. The highest BCUT2D eigenvalue weighted by Gasteiger charge is 2.27. The Morgan fingerprint density at radius 1 is 1.62 bits per heavy atom. The SMILES string of the molecule is C=C(Br)C[C@@H](NC(=O)[C@@H]1CCOC1)C(=O)O. The number of amides is 1. The van der Waals surface area contributed by atoms with E-state index in [1.807, 2.05) is 0 Å². The van der Waals surface area contributed by atoms with Crippen LogP contribution in [0.1, 0.15) is 12.8 Å². The molecule has 0 saturated carbocycles. The maximum absolute atomic E-state index is 11.6. The fraction of sp³-hybridized carbons (Fsp3) is 0.600. The first-order valence-corrected chi connectivity index (χ1v) is 5.74. The van der Waals surface area contributed by atoms with Crippen LogP contribution in [0.3, 0.4) is 0 Å². The Kier molecular flexibility index (Phi) is 4.95. The highest BCUT2D eigenvalue weighted by molar-refractivity contribution is 9.11. The van der Waals surface area contributed by atoms with Crippen molar-refractivity contribution in [2.45, 2.75) is 18.9 Å². The molecule has 1 aliphatic rings. The predicted molar refractivity (Wildman–Crippen MR) is 61.2 cm³/mol. The quantitative estimate of drug-likeness (QED) is 0.789. The Balaban J connectivity index is 2.50. The molecule has 1 rings (SSSR count). The molecule has 1 aliphatic heterocycles. The molecule has 16 heavy (non-hydrogen) atoms. The topological polar surface area (TPSA) is 75.6 Å². The highest BCUT2D eigenvalue weighted by atomic mass is 79.9. The molecule has 0 aromatic heterocycles. The Hall–Kier alpha value is -0.880. The summed E-state index contributed by atoms with van der Waals surface area (Å²) in [7, 11) is 0. The van der Waals surface area contributed by atoms with Gasteiger partial charge in [-0.3, -0.25) is 4.79 Å². The fourth-order valence-electron chi connectivity index (χ4n) is 1.45. The maximum atomic E-state index is 11.6. The van der Waals surface area contributed by atoms with Crippen LogP contribution in [0.2, 0.25) is 0 Å². The second-order valence-electron chi connectivity index (χ2n) is 3.68. The lowest BCUT2D eigenvalue weighted by Gasteiger charge is -2.16. The minimum Gasteiger partial charge on any atom is -0.480 e. The minimum absolute atomic E-state index is 0.175. The molecule has 0 bridgehead atoms. The van der Waals surface area contributed by atoms with Gasteiger partial charge in [-0.15, -0.1) is 0 Å². The van der Waals surface area contributed by atoms with E-state index in [1.54, 1.807) is 0 Å². The molecule has 5 nitrogen and oxygen atoms in total. The largest absolute Gasteiger partial charge is 0.480 e. The molecular formula is C10H14BrNO4. The van der Waals surface area contributed by atoms with Gasteiger partial charge < -0.3 is 15.2 Å². The molecule has 6 heteroatoms. The maximum Gasteiger partial charge on any atom is 0.326 e. The number of halogens is 1. The molecule has 2 atom stereocenters. The highest BCUT2D eigenvalue weighted by Crippen LogP contribution is 2.14. The molecule has 90 valence electrons. The Morgan fingerprint density at radius 2 is 2.31 bits per heavy atom. The van der Waals surface area contributed by atoms with Crippen LogP contribution in [0.5, 0.6) is 0 Å². The van der Waals surface area contributed by atoms with Crippen LogP contribution < -0.4 is 5.32 Å². The van der Waals surface area contributed by atoms with Gasteiger partial charge in [0.1, 0.15) is 6.04 Å². The van der Waals surface area contributed by atoms with Crippen LogP contribution >= 0.6 is 15.9 Å². The number of carbonyl (C=O) groups excluding carboxylic acids is 1. The zero-order chi connectivity index (χ0) is 12.1. The van der Waals surface area contributed by atoms with Gasteiger partial charge in [-0.2, -0.15) is 0 Å². The standard InChI is InChI=1S/C10H14BrNO4/c1-6(11)4-8(10(14)15)12-9(13)7-2-3-16-5-7/h7-8H,1-5H2,(H,12,13)(H,14,15)/t7-,8-/m1/s1. The van der Waals surface area contributed by atoms with E-state index >= 15 is 0 Å². The van der Waals surface area contributed by atoms with E-state index < -0.39 is 12.0 Å². The van der Waals surface area contributed by atoms with Crippen molar-refractivity contribution < 1.29 is 19.4 Å². The number of aliphatic carboxylic acids is 1. The molecule has 0 aromatic rings. The average molecular weight is 292 g/mol.